The summed E-state index contributed by atoms with van der Waals surface area (Å²) in [5.41, 5.74) is 5.30. The summed E-state index contributed by atoms with van der Waals surface area (Å²) in [5.74, 6) is 0. The highest BCUT2D eigenvalue weighted by atomic mass is 16.1. The van der Waals surface area contributed by atoms with Crippen LogP contribution in [0.4, 0.5) is 5.69 Å². The van der Waals surface area contributed by atoms with Crippen LogP contribution in [0.3, 0.4) is 0 Å². The summed E-state index contributed by atoms with van der Waals surface area (Å²) in [6.45, 7) is 8.96. The van der Waals surface area contributed by atoms with Gasteiger partial charge < -0.3 is 4.90 Å². The van der Waals surface area contributed by atoms with Crippen molar-refractivity contribution in [1.82, 2.24) is 14.3 Å². The van der Waals surface area contributed by atoms with Crippen LogP contribution in [0, 0.1) is 13.8 Å². The van der Waals surface area contributed by atoms with Gasteiger partial charge in [0.05, 0.1) is 5.69 Å². The van der Waals surface area contributed by atoms with Gasteiger partial charge in [0.15, 0.2) is 0 Å². The minimum atomic E-state index is -0.00458. The summed E-state index contributed by atoms with van der Waals surface area (Å²) in [6.07, 6.45) is 2.90. The van der Waals surface area contributed by atoms with E-state index in [1.807, 2.05) is 19.1 Å². The van der Waals surface area contributed by atoms with Crippen LogP contribution in [0.25, 0.3) is 5.65 Å². The molecule has 0 N–H and O–H groups in total. The topological polar surface area (TPSA) is 40.9 Å². The Morgan fingerprint density at radius 1 is 0.963 bits per heavy atom. The van der Waals surface area contributed by atoms with Gasteiger partial charge in [0.1, 0.15) is 5.65 Å². The van der Waals surface area contributed by atoms with Gasteiger partial charge in [-0.15, -0.1) is 0 Å². The average Bonchev–Trinajstić information content (AvgIpc) is 2.89. The predicted molar refractivity (Wildman–Crippen MR) is 109 cm³/mol. The molecule has 1 saturated heterocycles. The number of nitrogens with zero attached hydrogens (tertiary/aromatic N) is 4. The summed E-state index contributed by atoms with van der Waals surface area (Å²) < 4.78 is 1.63. The lowest BCUT2D eigenvalue weighted by molar-refractivity contribution is 0.282. The first-order chi connectivity index (χ1) is 13.1. The third kappa shape index (κ3) is 3.74. The van der Waals surface area contributed by atoms with Crippen molar-refractivity contribution in [2.24, 2.45) is 0 Å². The fourth-order valence-corrected chi connectivity index (χ4v) is 3.91. The van der Waals surface area contributed by atoms with Gasteiger partial charge in [-0.2, -0.15) is 0 Å². The molecule has 1 aromatic carbocycles. The highest BCUT2D eigenvalue weighted by molar-refractivity contribution is 5.53. The Kier molecular flexibility index (Phi) is 4.94. The lowest BCUT2D eigenvalue weighted by atomic mass is 10.2. The Morgan fingerprint density at radius 3 is 2.63 bits per heavy atom. The van der Waals surface area contributed by atoms with E-state index in [9.17, 15) is 4.79 Å². The smallest absolute Gasteiger partial charge is 0.258 e. The Morgan fingerprint density at radius 2 is 1.78 bits per heavy atom. The molecule has 0 radical (unpaired) electrons. The quantitative estimate of drug-likeness (QED) is 0.718. The van der Waals surface area contributed by atoms with Gasteiger partial charge in [-0.1, -0.05) is 24.3 Å². The van der Waals surface area contributed by atoms with E-state index in [4.69, 9.17) is 4.98 Å². The molecule has 27 heavy (non-hydrogen) atoms. The first-order valence-electron chi connectivity index (χ1n) is 9.63. The van der Waals surface area contributed by atoms with Gasteiger partial charge in [0.25, 0.3) is 5.56 Å². The first-order valence-corrected chi connectivity index (χ1v) is 9.63. The van der Waals surface area contributed by atoms with Crippen LogP contribution in [0.15, 0.2) is 53.5 Å². The van der Waals surface area contributed by atoms with Gasteiger partial charge in [-0.3, -0.25) is 14.1 Å². The maximum absolute atomic E-state index is 12.4. The summed E-state index contributed by atoms with van der Waals surface area (Å²) in [6, 6.07) is 14.1. The standard InChI is InChI=1S/C22H26N4O/c1-17-7-3-4-9-20(17)25-11-6-10-24(13-14-25)16-19-15-21(27)26-12-5-8-18(2)22(26)23-19/h3-5,7-9,12,15H,6,10-11,13-14,16H2,1-2H3. The molecule has 0 unspecified atom stereocenters. The molecule has 140 valence electrons. The second-order valence-corrected chi connectivity index (χ2v) is 7.37. The molecule has 2 aromatic heterocycles. The number of aromatic nitrogens is 2. The summed E-state index contributed by atoms with van der Waals surface area (Å²) in [5, 5.41) is 0. The Bertz CT molecular complexity index is 1010. The van der Waals surface area contributed by atoms with Crippen molar-refractivity contribution >= 4 is 11.3 Å². The van der Waals surface area contributed by atoms with Gasteiger partial charge in [0.2, 0.25) is 0 Å². The number of hydrogen-bond acceptors (Lipinski definition) is 4. The second-order valence-electron chi connectivity index (χ2n) is 7.37. The number of para-hydroxylation sites is 1. The molecule has 3 heterocycles. The van der Waals surface area contributed by atoms with Crippen molar-refractivity contribution in [2.45, 2.75) is 26.8 Å². The molecule has 5 nitrogen and oxygen atoms in total. The molecule has 1 aliphatic rings. The molecular weight excluding hydrogens is 336 g/mol. The maximum atomic E-state index is 12.4. The Balaban J connectivity index is 1.51. The van der Waals surface area contributed by atoms with Crippen LogP contribution in [0.1, 0.15) is 23.2 Å². The fourth-order valence-electron chi connectivity index (χ4n) is 3.91. The van der Waals surface area contributed by atoms with E-state index >= 15 is 0 Å². The van der Waals surface area contributed by atoms with E-state index in [0.29, 0.717) is 0 Å². The first kappa shape index (κ1) is 17.7. The summed E-state index contributed by atoms with van der Waals surface area (Å²) in [4.78, 5) is 22.1. The molecule has 0 atom stereocenters. The largest absolute Gasteiger partial charge is 0.370 e. The molecule has 1 fully saturated rings. The number of fused-ring (bicyclic) bond motifs is 1. The van der Waals surface area contributed by atoms with Crippen LogP contribution in [-0.4, -0.2) is 40.5 Å². The van der Waals surface area contributed by atoms with Crippen molar-refractivity contribution < 1.29 is 0 Å². The number of aryl methyl sites for hydroxylation is 2. The van der Waals surface area contributed by atoms with Crippen molar-refractivity contribution in [3.63, 3.8) is 0 Å². The van der Waals surface area contributed by atoms with E-state index < -0.39 is 0 Å². The van der Waals surface area contributed by atoms with Gasteiger partial charge in [-0.05, 0) is 43.5 Å². The van der Waals surface area contributed by atoms with Crippen LogP contribution < -0.4 is 10.5 Å². The number of anilines is 1. The van der Waals surface area contributed by atoms with Crippen LogP contribution >= 0.6 is 0 Å². The zero-order valence-corrected chi connectivity index (χ0v) is 16.1. The van der Waals surface area contributed by atoms with Crippen molar-refractivity contribution in [3.05, 3.63) is 75.8 Å². The van der Waals surface area contributed by atoms with E-state index in [1.54, 1.807) is 16.7 Å². The molecule has 0 spiro atoms. The minimum absolute atomic E-state index is 0.00458. The molecule has 4 rings (SSSR count). The average molecular weight is 362 g/mol. The number of hydrogen-bond donors (Lipinski definition) is 0. The highest BCUT2D eigenvalue weighted by Crippen LogP contribution is 2.21. The molecule has 5 heteroatoms. The lowest BCUT2D eigenvalue weighted by Gasteiger charge is -2.25. The van der Waals surface area contributed by atoms with Gasteiger partial charge >= 0.3 is 0 Å². The predicted octanol–water partition coefficient (Wildman–Crippen LogP) is 3.02. The lowest BCUT2D eigenvalue weighted by Crippen LogP contribution is -2.31. The molecule has 0 amide bonds. The molecule has 3 aromatic rings. The fraction of sp³-hybridized carbons (Fsp3) is 0.364. The van der Waals surface area contributed by atoms with Crippen LogP contribution in [0.5, 0.6) is 0 Å². The molecule has 0 bridgehead atoms. The zero-order chi connectivity index (χ0) is 18.8. The Hall–Kier alpha value is -2.66. The zero-order valence-electron chi connectivity index (χ0n) is 16.1. The normalized spacial score (nSPS) is 15.9. The van der Waals surface area contributed by atoms with E-state index in [0.717, 1.165) is 56.0 Å². The number of pyridine rings is 1. The van der Waals surface area contributed by atoms with E-state index in [2.05, 4.69) is 41.0 Å². The third-order valence-corrected chi connectivity index (χ3v) is 5.37. The number of rotatable bonds is 3. The number of benzene rings is 1. The second kappa shape index (κ2) is 7.53. The van der Waals surface area contributed by atoms with Gasteiger partial charge in [0, 0.05) is 50.7 Å². The summed E-state index contributed by atoms with van der Waals surface area (Å²) >= 11 is 0. The third-order valence-electron chi connectivity index (χ3n) is 5.37. The molecular formula is C22H26N4O. The van der Waals surface area contributed by atoms with Crippen molar-refractivity contribution in [3.8, 4) is 0 Å². The van der Waals surface area contributed by atoms with Gasteiger partial charge in [-0.25, -0.2) is 4.98 Å². The van der Waals surface area contributed by atoms with Crippen molar-refractivity contribution in [1.29, 1.82) is 0 Å². The molecule has 1 aliphatic heterocycles. The maximum Gasteiger partial charge on any atom is 0.258 e. The summed E-state index contributed by atoms with van der Waals surface area (Å²) in [7, 11) is 0. The Labute approximate surface area is 159 Å². The minimum Gasteiger partial charge on any atom is -0.370 e. The highest BCUT2D eigenvalue weighted by Gasteiger charge is 2.17. The van der Waals surface area contributed by atoms with Crippen molar-refractivity contribution in [2.75, 3.05) is 31.1 Å². The SMILES string of the molecule is Cc1ccccc1N1CCCN(Cc2cc(=O)n3cccc(C)c3n2)CC1. The van der Waals surface area contributed by atoms with E-state index in [1.165, 1.54) is 11.3 Å². The van der Waals surface area contributed by atoms with E-state index in [-0.39, 0.29) is 5.56 Å². The van der Waals surface area contributed by atoms with Crippen LogP contribution in [-0.2, 0) is 6.54 Å². The van der Waals surface area contributed by atoms with Crippen LogP contribution in [0.2, 0.25) is 0 Å². The molecule has 0 aliphatic carbocycles. The molecule has 0 saturated carbocycles. The monoisotopic (exact) mass is 362 g/mol.